The summed E-state index contributed by atoms with van der Waals surface area (Å²) in [5.41, 5.74) is 3.17. The lowest BCUT2D eigenvalue weighted by Crippen LogP contribution is -2.44. The predicted octanol–water partition coefficient (Wildman–Crippen LogP) is 4.02. The van der Waals surface area contributed by atoms with Gasteiger partial charge in [-0.2, -0.15) is 0 Å². The molecule has 168 valence electrons. The first kappa shape index (κ1) is 22.3. The Kier molecular flexibility index (Phi) is 7.41. The van der Waals surface area contributed by atoms with Crippen LogP contribution in [0.2, 0.25) is 0 Å². The summed E-state index contributed by atoms with van der Waals surface area (Å²) in [7, 11) is 0. The summed E-state index contributed by atoms with van der Waals surface area (Å²) in [5, 5.41) is 0. The molecule has 1 atom stereocenters. The van der Waals surface area contributed by atoms with Crippen LogP contribution >= 0.6 is 0 Å². The van der Waals surface area contributed by atoms with Crippen molar-refractivity contribution in [2.24, 2.45) is 0 Å². The molecule has 0 spiro atoms. The fraction of sp³-hybridized carbons (Fsp3) is 0.423. The van der Waals surface area contributed by atoms with Gasteiger partial charge in [-0.3, -0.25) is 4.90 Å². The van der Waals surface area contributed by atoms with Gasteiger partial charge in [0.1, 0.15) is 18.5 Å². The smallest absolute Gasteiger partial charge is 0.410 e. The van der Waals surface area contributed by atoms with E-state index in [1.165, 1.54) is 17.7 Å². The van der Waals surface area contributed by atoms with Crippen LogP contribution in [0.1, 0.15) is 35.6 Å². The van der Waals surface area contributed by atoms with Gasteiger partial charge in [0.25, 0.3) is 0 Å². The monoisotopic (exact) mass is 436 g/mol. The first-order valence-electron chi connectivity index (χ1n) is 11.2. The van der Waals surface area contributed by atoms with Gasteiger partial charge in [-0.1, -0.05) is 42.3 Å². The van der Waals surface area contributed by atoms with Gasteiger partial charge < -0.3 is 14.4 Å². The number of amides is 1. The standard InChI is InChI=1S/C26H29FN2O3/c1-2-18-31-19-17-28-14-12-23(13-15-28)32-26(30)29-16-11-20-5-3-4-6-24(20)25(29)21-7-9-22(27)10-8-21/h1,3-10,23,25H,11-19H2/t25-/m0/s1. The minimum absolute atomic E-state index is 0.101. The maximum Gasteiger partial charge on any atom is 0.410 e. The number of nitrogens with zero attached hydrogens (tertiary/aromatic N) is 2. The van der Waals surface area contributed by atoms with Gasteiger partial charge in [0.15, 0.2) is 0 Å². The second kappa shape index (κ2) is 10.6. The van der Waals surface area contributed by atoms with E-state index in [1.807, 2.05) is 18.2 Å². The van der Waals surface area contributed by atoms with E-state index in [0.29, 0.717) is 19.8 Å². The Bertz CT molecular complexity index is 948. The fourth-order valence-corrected chi connectivity index (χ4v) is 4.55. The van der Waals surface area contributed by atoms with Crippen molar-refractivity contribution in [2.45, 2.75) is 31.4 Å². The summed E-state index contributed by atoms with van der Waals surface area (Å²) >= 11 is 0. The third kappa shape index (κ3) is 5.29. The van der Waals surface area contributed by atoms with E-state index in [9.17, 15) is 9.18 Å². The molecular formula is C26H29FN2O3. The Morgan fingerprint density at radius 1 is 1.09 bits per heavy atom. The summed E-state index contributed by atoms with van der Waals surface area (Å²) in [6.45, 7) is 4.08. The molecule has 2 aromatic rings. The van der Waals surface area contributed by atoms with Crippen LogP contribution in [0.4, 0.5) is 9.18 Å². The van der Waals surface area contributed by atoms with Crippen molar-refractivity contribution in [1.29, 1.82) is 0 Å². The molecule has 0 aliphatic carbocycles. The molecule has 1 saturated heterocycles. The van der Waals surface area contributed by atoms with E-state index in [0.717, 1.165) is 50.0 Å². The number of likely N-dealkylation sites (tertiary alicyclic amines) is 1. The highest BCUT2D eigenvalue weighted by Crippen LogP contribution is 2.36. The highest BCUT2D eigenvalue weighted by molar-refractivity contribution is 5.70. The van der Waals surface area contributed by atoms with Crippen LogP contribution in [0.25, 0.3) is 0 Å². The molecule has 1 amide bonds. The minimum atomic E-state index is -0.301. The maximum atomic E-state index is 13.5. The molecule has 0 bridgehead atoms. The van der Waals surface area contributed by atoms with Gasteiger partial charge >= 0.3 is 6.09 Å². The first-order chi connectivity index (χ1) is 15.7. The topological polar surface area (TPSA) is 42.0 Å². The Labute approximate surface area is 189 Å². The first-order valence-corrected chi connectivity index (χ1v) is 11.2. The average molecular weight is 437 g/mol. The second-order valence-corrected chi connectivity index (χ2v) is 8.28. The number of benzene rings is 2. The average Bonchev–Trinajstić information content (AvgIpc) is 2.83. The van der Waals surface area contributed by atoms with Crippen molar-refractivity contribution in [3.63, 3.8) is 0 Å². The summed E-state index contributed by atoms with van der Waals surface area (Å²) < 4.78 is 24.8. The Hall–Kier alpha value is -2.88. The molecule has 1 fully saturated rings. The normalized spacial score (nSPS) is 19.2. The summed E-state index contributed by atoms with van der Waals surface area (Å²) in [6.07, 6.45) is 7.17. The van der Waals surface area contributed by atoms with E-state index in [-0.39, 0.29) is 24.1 Å². The van der Waals surface area contributed by atoms with Gasteiger partial charge in [-0.05, 0) is 48.1 Å². The molecule has 0 aromatic heterocycles. The van der Waals surface area contributed by atoms with Gasteiger partial charge in [-0.15, -0.1) is 6.42 Å². The Morgan fingerprint density at radius 2 is 1.84 bits per heavy atom. The van der Waals surface area contributed by atoms with Crippen molar-refractivity contribution >= 4 is 6.09 Å². The van der Waals surface area contributed by atoms with Crippen LogP contribution in [0.5, 0.6) is 0 Å². The Morgan fingerprint density at radius 3 is 2.59 bits per heavy atom. The molecule has 0 radical (unpaired) electrons. The molecule has 4 rings (SSSR count). The van der Waals surface area contributed by atoms with E-state index in [1.54, 1.807) is 17.0 Å². The van der Waals surface area contributed by atoms with E-state index in [4.69, 9.17) is 15.9 Å². The number of hydrogen-bond donors (Lipinski definition) is 0. The molecule has 0 unspecified atom stereocenters. The summed E-state index contributed by atoms with van der Waals surface area (Å²) in [6, 6.07) is 14.3. The van der Waals surface area contributed by atoms with Crippen molar-refractivity contribution in [2.75, 3.05) is 39.4 Å². The minimum Gasteiger partial charge on any atom is -0.446 e. The number of rotatable bonds is 6. The predicted molar refractivity (Wildman–Crippen MR) is 121 cm³/mol. The molecule has 0 N–H and O–H groups in total. The van der Waals surface area contributed by atoms with Gasteiger partial charge in [-0.25, -0.2) is 9.18 Å². The van der Waals surface area contributed by atoms with Crippen molar-refractivity contribution in [3.05, 3.63) is 71.0 Å². The van der Waals surface area contributed by atoms with Crippen LogP contribution in [0, 0.1) is 18.2 Å². The molecule has 2 heterocycles. The second-order valence-electron chi connectivity index (χ2n) is 8.28. The number of piperidine rings is 1. The zero-order valence-electron chi connectivity index (χ0n) is 18.2. The van der Waals surface area contributed by atoms with Crippen molar-refractivity contribution in [1.82, 2.24) is 9.80 Å². The molecule has 2 aromatic carbocycles. The molecule has 2 aliphatic rings. The van der Waals surface area contributed by atoms with E-state index < -0.39 is 0 Å². The van der Waals surface area contributed by atoms with Crippen LogP contribution in [0.3, 0.4) is 0 Å². The van der Waals surface area contributed by atoms with Gasteiger partial charge in [0.2, 0.25) is 0 Å². The van der Waals surface area contributed by atoms with Gasteiger partial charge in [0, 0.05) is 26.2 Å². The number of terminal acetylenes is 1. The number of hydrogen-bond acceptors (Lipinski definition) is 4. The zero-order chi connectivity index (χ0) is 22.3. The number of carbonyl (C=O) groups is 1. The molecule has 2 aliphatic heterocycles. The Balaban J connectivity index is 1.40. The molecular weight excluding hydrogens is 407 g/mol. The molecule has 5 nitrogen and oxygen atoms in total. The highest BCUT2D eigenvalue weighted by atomic mass is 19.1. The summed E-state index contributed by atoms with van der Waals surface area (Å²) in [4.78, 5) is 17.3. The van der Waals surface area contributed by atoms with E-state index >= 15 is 0 Å². The number of halogens is 1. The number of fused-ring (bicyclic) bond motifs is 1. The lowest BCUT2D eigenvalue weighted by Gasteiger charge is -2.38. The van der Waals surface area contributed by atoms with Gasteiger partial charge in [0.05, 0.1) is 12.6 Å². The summed E-state index contributed by atoms with van der Waals surface area (Å²) in [5.74, 6) is 2.18. The number of carbonyl (C=O) groups excluding carboxylic acids is 1. The van der Waals surface area contributed by atoms with Crippen molar-refractivity contribution in [3.8, 4) is 12.3 Å². The lowest BCUT2D eigenvalue weighted by atomic mass is 9.88. The zero-order valence-corrected chi connectivity index (χ0v) is 18.2. The van der Waals surface area contributed by atoms with Crippen LogP contribution in [-0.4, -0.2) is 61.4 Å². The SMILES string of the molecule is C#CCOCCN1CCC(OC(=O)N2CCc3ccccc3[C@@H]2c2ccc(F)cc2)CC1. The highest BCUT2D eigenvalue weighted by Gasteiger charge is 2.34. The van der Waals surface area contributed by atoms with Crippen molar-refractivity contribution < 1.29 is 18.7 Å². The third-order valence-electron chi connectivity index (χ3n) is 6.24. The number of ether oxygens (including phenoxy) is 2. The lowest BCUT2D eigenvalue weighted by molar-refractivity contribution is 0.0171. The van der Waals surface area contributed by atoms with E-state index in [2.05, 4.69) is 16.9 Å². The largest absolute Gasteiger partial charge is 0.446 e. The molecule has 32 heavy (non-hydrogen) atoms. The molecule has 0 saturated carbocycles. The van der Waals surface area contributed by atoms with Crippen LogP contribution in [-0.2, 0) is 15.9 Å². The van der Waals surface area contributed by atoms with Crippen LogP contribution in [0.15, 0.2) is 48.5 Å². The quantitative estimate of drug-likeness (QED) is 0.507. The van der Waals surface area contributed by atoms with Crippen LogP contribution < -0.4 is 0 Å². The third-order valence-corrected chi connectivity index (χ3v) is 6.24. The maximum absolute atomic E-state index is 13.5. The molecule has 6 heteroatoms. The fourth-order valence-electron chi connectivity index (χ4n) is 4.55.